The quantitative estimate of drug-likeness (QED) is 0.436. The van der Waals surface area contributed by atoms with Crippen molar-refractivity contribution in [2.75, 3.05) is 0 Å². The van der Waals surface area contributed by atoms with E-state index in [0.717, 1.165) is 26.4 Å². The Morgan fingerprint density at radius 2 is 1.31 bits per heavy atom. The van der Waals surface area contributed by atoms with E-state index in [4.69, 9.17) is 4.42 Å². The van der Waals surface area contributed by atoms with Gasteiger partial charge in [-0.15, -0.1) is 0 Å². The fourth-order valence-electron chi connectivity index (χ4n) is 1.84. The molecule has 78 valence electrons. The average Bonchev–Trinajstić information content (AvgIpc) is 2.36. The van der Waals surface area contributed by atoms with Crippen LogP contribution in [-0.2, 0) is 11.3 Å². The Morgan fingerprint density at radius 1 is 0.812 bits per heavy atom. The Balaban J connectivity index is 2.74. The SMILES string of the molecule is O=S=c1c2ccccc2oc2ccccc12. The Bertz CT molecular complexity index is 710. The van der Waals surface area contributed by atoms with Gasteiger partial charge in [-0.1, -0.05) is 24.3 Å². The molecular weight excluding hydrogens is 220 g/mol. The van der Waals surface area contributed by atoms with Crippen molar-refractivity contribution >= 4 is 33.2 Å². The molecule has 0 aliphatic rings. The molecule has 3 aromatic rings. The summed E-state index contributed by atoms with van der Waals surface area (Å²) in [5.74, 6) is 0. The molecule has 0 saturated carbocycles. The zero-order valence-corrected chi connectivity index (χ0v) is 9.16. The lowest BCUT2D eigenvalue weighted by atomic mass is 10.1. The van der Waals surface area contributed by atoms with Crippen molar-refractivity contribution in [2.24, 2.45) is 0 Å². The third-order valence-corrected chi connectivity index (χ3v) is 3.17. The first-order valence-corrected chi connectivity index (χ1v) is 5.68. The molecule has 3 heteroatoms. The zero-order chi connectivity index (χ0) is 11.0. The zero-order valence-electron chi connectivity index (χ0n) is 8.34. The Hall–Kier alpha value is -1.87. The molecule has 2 nitrogen and oxygen atoms in total. The van der Waals surface area contributed by atoms with E-state index in [-0.39, 0.29) is 0 Å². The smallest absolute Gasteiger partial charge is 0.136 e. The van der Waals surface area contributed by atoms with Gasteiger partial charge in [0.15, 0.2) is 0 Å². The largest absolute Gasteiger partial charge is 0.456 e. The summed E-state index contributed by atoms with van der Waals surface area (Å²) in [6, 6.07) is 15.2. The van der Waals surface area contributed by atoms with Gasteiger partial charge in [0.1, 0.15) is 11.2 Å². The maximum Gasteiger partial charge on any atom is 0.136 e. The molecule has 0 N–H and O–H groups in total. The topological polar surface area (TPSA) is 30.2 Å². The molecule has 0 radical (unpaired) electrons. The molecule has 0 saturated heterocycles. The summed E-state index contributed by atoms with van der Waals surface area (Å²) in [4.78, 5) is 0. The third-order valence-electron chi connectivity index (χ3n) is 2.57. The van der Waals surface area contributed by atoms with Crippen LogP contribution >= 0.6 is 0 Å². The van der Waals surface area contributed by atoms with Gasteiger partial charge in [-0.25, -0.2) is 4.21 Å². The van der Waals surface area contributed by atoms with E-state index in [2.05, 4.69) is 0 Å². The summed E-state index contributed by atoms with van der Waals surface area (Å²) < 4.78 is 17.7. The van der Waals surface area contributed by atoms with Crippen LogP contribution < -0.4 is 0 Å². The monoisotopic (exact) mass is 228 g/mol. The molecule has 0 aliphatic carbocycles. The Morgan fingerprint density at radius 3 is 1.81 bits per heavy atom. The first-order valence-electron chi connectivity index (χ1n) is 4.93. The molecule has 1 heterocycles. The van der Waals surface area contributed by atoms with E-state index in [9.17, 15) is 4.21 Å². The highest BCUT2D eigenvalue weighted by atomic mass is 32.1. The lowest BCUT2D eigenvalue weighted by Crippen LogP contribution is -1.79. The number of hydrogen-bond acceptors (Lipinski definition) is 2. The minimum Gasteiger partial charge on any atom is -0.456 e. The minimum absolute atomic E-state index is 0.518. The van der Waals surface area contributed by atoms with Crippen LogP contribution in [0.15, 0.2) is 52.9 Å². The van der Waals surface area contributed by atoms with Crippen LogP contribution in [0.2, 0.25) is 0 Å². The summed E-state index contributed by atoms with van der Waals surface area (Å²) in [7, 11) is 0. The van der Waals surface area contributed by atoms with Gasteiger partial charge in [-0.2, -0.15) is 0 Å². The van der Waals surface area contributed by atoms with Gasteiger partial charge < -0.3 is 4.42 Å². The normalized spacial score (nSPS) is 10.8. The minimum atomic E-state index is 0.518. The summed E-state index contributed by atoms with van der Waals surface area (Å²) in [6.07, 6.45) is 0. The fourth-order valence-corrected chi connectivity index (χ4v) is 2.36. The molecule has 16 heavy (non-hydrogen) atoms. The maximum atomic E-state index is 11.2. The van der Waals surface area contributed by atoms with Gasteiger partial charge >= 0.3 is 0 Å². The van der Waals surface area contributed by atoms with E-state index >= 15 is 0 Å². The van der Waals surface area contributed by atoms with Crippen molar-refractivity contribution in [3.8, 4) is 0 Å². The highest BCUT2D eigenvalue weighted by Crippen LogP contribution is 2.23. The number of para-hydroxylation sites is 2. The van der Waals surface area contributed by atoms with Gasteiger partial charge in [-0.3, -0.25) is 0 Å². The van der Waals surface area contributed by atoms with Crippen molar-refractivity contribution < 1.29 is 8.63 Å². The molecule has 0 aliphatic heterocycles. The first-order chi connectivity index (χ1) is 7.90. The van der Waals surface area contributed by atoms with Crippen molar-refractivity contribution in [1.82, 2.24) is 0 Å². The summed E-state index contributed by atoms with van der Waals surface area (Å²) in [5, 5.41) is 1.75. The number of rotatable bonds is 0. The molecule has 0 atom stereocenters. The molecule has 1 aromatic heterocycles. The third kappa shape index (κ3) is 1.29. The number of hydrogen-bond donors (Lipinski definition) is 0. The average molecular weight is 228 g/mol. The maximum absolute atomic E-state index is 11.2. The van der Waals surface area contributed by atoms with Crippen LogP contribution in [0.3, 0.4) is 0 Å². The van der Waals surface area contributed by atoms with E-state index in [0.29, 0.717) is 11.3 Å². The van der Waals surface area contributed by atoms with E-state index < -0.39 is 0 Å². The molecule has 0 amide bonds. The van der Waals surface area contributed by atoms with E-state index in [1.165, 1.54) is 0 Å². The van der Waals surface area contributed by atoms with Gasteiger partial charge in [0.05, 0.1) is 15.8 Å². The molecule has 0 bridgehead atoms. The summed E-state index contributed by atoms with van der Waals surface area (Å²) in [5.41, 5.74) is 1.50. The van der Waals surface area contributed by atoms with Crippen molar-refractivity contribution in [2.45, 2.75) is 0 Å². The predicted octanol–water partition coefficient (Wildman–Crippen LogP) is 3.33. The Labute approximate surface area is 95.2 Å². The highest BCUT2D eigenvalue weighted by Gasteiger charge is 2.03. The Kier molecular flexibility index (Phi) is 2.11. The number of benzene rings is 2. The molecule has 0 unspecified atom stereocenters. The van der Waals surface area contributed by atoms with Crippen LogP contribution in [0.5, 0.6) is 0 Å². The molecule has 2 aromatic carbocycles. The lowest BCUT2D eigenvalue weighted by Gasteiger charge is -2.01. The lowest BCUT2D eigenvalue weighted by molar-refractivity contribution is 0.660. The summed E-state index contributed by atoms with van der Waals surface area (Å²) >= 11 is 0.518. The van der Waals surface area contributed by atoms with Crippen LogP contribution in [0.1, 0.15) is 0 Å². The van der Waals surface area contributed by atoms with Crippen molar-refractivity contribution in [3.63, 3.8) is 0 Å². The molecule has 0 spiro atoms. The van der Waals surface area contributed by atoms with Gasteiger partial charge in [0.2, 0.25) is 0 Å². The fraction of sp³-hybridized carbons (Fsp3) is 0. The van der Waals surface area contributed by atoms with Crippen LogP contribution in [0, 0.1) is 4.51 Å². The van der Waals surface area contributed by atoms with Crippen molar-refractivity contribution in [1.29, 1.82) is 0 Å². The van der Waals surface area contributed by atoms with Crippen LogP contribution in [0.4, 0.5) is 0 Å². The number of fused-ring (bicyclic) bond motifs is 2. The van der Waals surface area contributed by atoms with Crippen molar-refractivity contribution in [3.05, 3.63) is 53.0 Å². The van der Waals surface area contributed by atoms with Gasteiger partial charge in [0, 0.05) is 10.8 Å². The predicted molar refractivity (Wildman–Crippen MR) is 65.1 cm³/mol. The first kappa shape index (κ1) is 9.36. The highest BCUT2D eigenvalue weighted by molar-refractivity contribution is 7.57. The van der Waals surface area contributed by atoms with Gasteiger partial charge in [-0.05, 0) is 24.3 Å². The summed E-state index contributed by atoms with van der Waals surface area (Å²) in [6.45, 7) is 0. The standard InChI is InChI=1S/C13H8O2S/c14-16-13-9-5-1-3-7-11(9)15-12-8-4-2-6-10(12)13/h1-8H. The molecule has 0 fully saturated rings. The van der Waals surface area contributed by atoms with Crippen LogP contribution in [0.25, 0.3) is 21.9 Å². The molecular formula is C13H8O2S. The van der Waals surface area contributed by atoms with Gasteiger partial charge in [0.25, 0.3) is 0 Å². The second kappa shape index (κ2) is 3.61. The van der Waals surface area contributed by atoms with Crippen LogP contribution in [-0.4, -0.2) is 4.21 Å². The second-order valence-electron chi connectivity index (χ2n) is 3.51. The van der Waals surface area contributed by atoms with E-state index in [1.54, 1.807) is 0 Å². The second-order valence-corrected chi connectivity index (χ2v) is 4.08. The van der Waals surface area contributed by atoms with E-state index in [1.807, 2.05) is 48.5 Å². The molecule has 3 rings (SSSR count).